The first-order valence-electron chi connectivity index (χ1n) is 8.74. The molecule has 0 saturated heterocycles. The van der Waals surface area contributed by atoms with Crippen molar-refractivity contribution < 1.29 is 5.11 Å². The van der Waals surface area contributed by atoms with Crippen LogP contribution in [0.1, 0.15) is 56.6 Å². The van der Waals surface area contributed by atoms with E-state index in [1.807, 2.05) is 19.1 Å². The number of benzene rings is 1. The second kappa shape index (κ2) is 5.31. The summed E-state index contributed by atoms with van der Waals surface area (Å²) in [4.78, 5) is 0. The molecular formula is C22H24O. The van der Waals surface area contributed by atoms with Crippen LogP contribution in [-0.4, -0.2) is 5.11 Å². The van der Waals surface area contributed by atoms with Crippen LogP contribution in [0, 0.1) is 23.2 Å². The van der Waals surface area contributed by atoms with Crippen LogP contribution in [0.5, 0.6) is 5.75 Å². The third-order valence-electron chi connectivity index (χ3n) is 6.37. The lowest BCUT2D eigenvalue weighted by atomic mass is 9.58. The molecule has 1 N–H and O–H groups in total. The van der Waals surface area contributed by atoms with Crippen molar-refractivity contribution in [2.45, 2.75) is 51.9 Å². The molecule has 3 aliphatic carbocycles. The average Bonchev–Trinajstić information content (AvgIpc) is 2.89. The summed E-state index contributed by atoms with van der Waals surface area (Å²) in [6.07, 6.45) is 10.5. The lowest BCUT2D eigenvalue weighted by Crippen LogP contribution is -2.35. The molecule has 1 fully saturated rings. The van der Waals surface area contributed by atoms with E-state index in [1.54, 1.807) is 11.1 Å². The first kappa shape index (κ1) is 14.6. The van der Waals surface area contributed by atoms with Gasteiger partial charge in [0.25, 0.3) is 0 Å². The molecule has 3 atom stereocenters. The van der Waals surface area contributed by atoms with Gasteiger partial charge in [-0.15, -0.1) is 5.92 Å². The van der Waals surface area contributed by atoms with E-state index in [1.165, 1.54) is 30.4 Å². The molecule has 4 rings (SSSR count). The molecule has 0 heterocycles. The van der Waals surface area contributed by atoms with Gasteiger partial charge in [0.2, 0.25) is 0 Å². The van der Waals surface area contributed by atoms with Crippen molar-refractivity contribution in [2.75, 3.05) is 0 Å². The van der Waals surface area contributed by atoms with Gasteiger partial charge >= 0.3 is 0 Å². The SMILES string of the molecule is CC#CCC1=CC[C@H]2C3=CCc4cc(O)ccc4[C@H]3CC[C@]12C. The zero-order valence-corrected chi connectivity index (χ0v) is 14.0. The average molecular weight is 304 g/mol. The molecule has 0 radical (unpaired) electrons. The lowest BCUT2D eigenvalue weighted by molar-refractivity contribution is 0.216. The number of rotatable bonds is 1. The topological polar surface area (TPSA) is 20.2 Å². The number of hydrogen-bond donors (Lipinski definition) is 1. The van der Waals surface area contributed by atoms with Gasteiger partial charge in [-0.1, -0.05) is 42.2 Å². The van der Waals surface area contributed by atoms with Crippen LogP contribution >= 0.6 is 0 Å². The minimum atomic E-state index is 0.306. The molecule has 0 spiro atoms. The molecule has 0 bridgehead atoms. The first-order chi connectivity index (χ1) is 11.1. The van der Waals surface area contributed by atoms with E-state index in [0.29, 0.717) is 23.0 Å². The number of hydrogen-bond acceptors (Lipinski definition) is 1. The monoisotopic (exact) mass is 304 g/mol. The Morgan fingerprint density at radius 1 is 1.30 bits per heavy atom. The highest BCUT2D eigenvalue weighted by atomic mass is 16.3. The van der Waals surface area contributed by atoms with E-state index in [-0.39, 0.29) is 0 Å². The van der Waals surface area contributed by atoms with E-state index in [0.717, 1.165) is 12.8 Å². The molecule has 1 nitrogen and oxygen atoms in total. The molecule has 1 saturated carbocycles. The van der Waals surface area contributed by atoms with Crippen LogP contribution in [0.15, 0.2) is 41.5 Å². The summed E-state index contributed by atoms with van der Waals surface area (Å²) >= 11 is 0. The summed E-state index contributed by atoms with van der Waals surface area (Å²) in [5.74, 6) is 7.93. The number of phenolic OH excluding ortho intramolecular Hbond substituents is 1. The second-order valence-electron chi connectivity index (χ2n) is 7.42. The van der Waals surface area contributed by atoms with Crippen LogP contribution in [0.25, 0.3) is 0 Å². The van der Waals surface area contributed by atoms with Crippen molar-refractivity contribution in [3.63, 3.8) is 0 Å². The summed E-state index contributed by atoms with van der Waals surface area (Å²) in [7, 11) is 0. The van der Waals surface area contributed by atoms with E-state index in [4.69, 9.17) is 0 Å². The smallest absolute Gasteiger partial charge is 0.115 e. The van der Waals surface area contributed by atoms with Crippen LogP contribution < -0.4 is 0 Å². The summed E-state index contributed by atoms with van der Waals surface area (Å²) < 4.78 is 0. The van der Waals surface area contributed by atoms with Gasteiger partial charge in [0.1, 0.15) is 5.75 Å². The predicted octanol–water partition coefficient (Wildman–Crippen LogP) is 5.12. The van der Waals surface area contributed by atoms with Gasteiger partial charge in [-0.3, -0.25) is 0 Å². The molecule has 0 amide bonds. The predicted molar refractivity (Wildman–Crippen MR) is 94.2 cm³/mol. The van der Waals surface area contributed by atoms with Crippen LogP contribution in [0.4, 0.5) is 0 Å². The minimum Gasteiger partial charge on any atom is -0.508 e. The fourth-order valence-corrected chi connectivity index (χ4v) is 5.08. The summed E-state index contributed by atoms with van der Waals surface area (Å²) in [5, 5.41) is 9.75. The molecule has 3 aliphatic rings. The van der Waals surface area contributed by atoms with Crippen LogP contribution in [0.3, 0.4) is 0 Å². The Hall–Kier alpha value is -1.94. The Labute approximate surface area is 139 Å². The number of fused-ring (bicyclic) bond motifs is 5. The fourth-order valence-electron chi connectivity index (χ4n) is 5.08. The summed E-state index contributed by atoms with van der Waals surface area (Å²) in [6.45, 7) is 4.39. The zero-order chi connectivity index (χ0) is 16.0. The van der Waals surface area contributed by atoms with Crippen molar-refractivity contribution in [3.8, 4) is 17.6 Å². The van der Waals surface area contributed by atoms with Gasteiger partial charge in [-0.05, 0) is 67.2 Å². The number of aromatic hydroxyl groups is 1. The van der Waals surface area contributed by atoms with E-state index in [2.05, 4.69) is 37.0 Å². The van der Waals surface area contributed by atoms with Crippen molar-refractivity contribution in [1.82, 2.24) is 0 Å². The molecule has 0 unspecified atom stereocenters. The Morgan fingerprint density at radius 2 is 2.17 bits per heavy atom. The van der Waals surface area contributed by atoms with E-state index >= 15 is 0 Å². The molecule has 1 aromatic rings. The molecule has 0 aromatic heterocycles. The number of allylic oxidation sites excluding steroid dienone is 4. The third kappa shape index (κ3) is 2.16. The normalized spacial score (nSPS) is 31.0. The van der Waals surface area contributed by atoms with Crippen LogP contribution in [-0.2, 0) is 6.42 Å². The Bertz CT molecular complexity index is 771. The quantitative estimate of drug-likeness (QED) is 0.564. The van der Waals surface area contributed by atoms with Crippen molar-refractivity contribution in [1.29, 1.82) is 0 Å². The van der Waals surface area contributed by atoms with Gasteiger partial charge in [0.05, 0.1) is 0 Å². The maximum absolute atomic E-state index is 9.75. The lowest BCUT2D eigenvalue weighted by Gasteiger charge is -2.46. The van der Waals surface area contributed by atoms with E-state index < -0.39 is 0 Å². The molecule has 118 valence electrons. The van der Waals surface area contributed by atoms with Gasteiger partial charge in [0, 0.05) is 12.3 Å². The van der Waals surface area contributed by atoms with Crippen molar-refractivity contribution in [3.05, 3.63) is 52.6 Å². The summed E-state index contributed by atoms with van der Waals surface area (Å²) in [6, 6.07) is 5.95. The van der Waals surface area contributed by atoms with Crippen molar-refractivity contribution in [2.24, 2.45) is 11.3 Å². The highest BCUT2D eigenvalue weighted by Gasteiger charge is 2.48. The van der Waals surface area contributed by atoms with Gasteiger partial charge in [-0.25, -0.2) is 0 Å². The van der Waals surface area contributed by atoms with Crippen LogP contribution in [0.2, 0.25) is 0 Å². The van der Waals surface area contributed by atoms with Gasteiger partial charge in [0.15, 0.2) is 0 Å². The summed E-state index contributed by atoms with van der Waals surface area (Å²) in [5.41, 5.74) is 6.27. The Kier molecular flexibility index (Phi) is 3.38. The van der Waals surface area contributed by atoms with Gasteiger partial charge < -0.3 is 5.11 Å². The molecule has 1 aromatic carbocycles. The van der Waals surface area contributed by atoms with E-state index in [9.17, 15) is 5.11 Å². The highest BCUT2D eigenvalue weighted by molar-refractivity contribution is 5.49. The largest absolute Gasteiger partial charge is 0.508 e. The third-order valence-corrected chi connectivity index (χ3v) is 6.37. The zero-order valence-electron chi connectivity index (χ0n) is 14.0. The Balaban J connectivity index is 1.67. The first-order valence-corrected chi connectivity index (χ1v) is 8.74. The molecule has 23 heavy (non-hydrogen) atoms. The van der Waals surface area contributed by atoms with Gasteiger partial charge in [-0.2, -0.15) is 0 Å². The fraction of sp³-hybridized carbons (Fsp3) is 0.455. The molecule has 1 heteroatoms. The maximum atomic E-state index is 9.75. The maximum Gasteiger partial charge on any atom is 0.115 e. The standard InChI is InChI=1S/C22H24O/c1-3-4-5-16-7-11-21-20-9-6-15-14-17(23)8-10-18(15)19(20)12-13-22(16,21)2/h7-10,14,19,21,23H,5-6,11-13H2,1-2H3/t19-,21+,22-/m1/s1. The minimum absolute atomic E-state index is 0.306. The molecule has 0 aliphatic heterocycles. The second-order valence-corrected chi connectivity index (χ2v) is 7.42. The molecular weight excluding hydrogens is 280 g/mol. The van der Waals surface area contributed by atoms with Crippen molar-refractivity contribution >= 4 is 0 Å². The Morgan fingerprint density at radius 3 is 3.00 bits per heavy atom. The number of phenols is 1. The highest BCUT2D eigenvalue weighted by Crippen LogP contribution is 2.60.